The predicted molar refractivity (Wildman–Crippen MR) is 75.7 cm³/mol. The Morgan fingerprint density at radius 3 is 2.86 bits per heavy atom. The van der Waals surface area contributed by atoms with Gasteiger partial charge in [-0.2, -0.15) is 0 Å². The molecule has 21 heavy (non-hydrogen) atoms. The summed E-state index contributed by atoms with van der Waals surface area (Å²) in [6.07, 6.45) is 3.39. The molecule has 0 saturated heterocycles. The van der Waals surface area contributed by atoms with Crippen molar-refractivity contribution in [3.05, 3.63) is 35.4 Å². The number of aliphatic hydroxyl groups is 1. The standard InChI is InChI=1S/C16H21F2NO2/c1-11-3-2-6-16(21,9-11)10-19-15(20)8-12-4-5-13(17)14(18)7-12/h4-5,7,11,21H,2-3,6,8-10H2,1H3,(H,19,20). The summed E-state index contributed by atoms with van der Waals surface area (Å²) in [5.74, 6) is -1.73. The lowest BCUT2D eigenvalue weighted by Gasteiger charge is -2.35. The van der Waals surface area contributed by atoms with Gasteiger partial charge in [-0.15, -0.1) is 0 Å². The Kier molecular flexibility index (Phi) is 4.93. The zero-order chi connectivity index (χ0) is 15.5. The van der Waals surface area contributed by atoms with Gasteiger partial charge in [-0.25, -0.2) is 8.78 Å². The van der Waals surface area contributed by atoms with Crippen LogP contribution in [0.3, 0.4) is 0 Å². The van der Waals surface area contributed by atoms with Crippen molar-refractivity contribution in [2.75, 3.05) is 6.54 Å². The molecule has 1 aliphatic carbocycles. The van der Waals surface area contributed by atoms with Gasteiger partial charge in [0.05, 0.1) is 12.0 Å². The number of halogens is 2. The van der Waals surface area contributed by atoms with E-state index >= 15 is 0 Å². The fourth-order valence-corrected chi connectivity index (χ4v) is 2.95. The second-order valence-corrected chi connectivity index (χ2v) is 6.13. The molecule has 1 aliphatic rings. The Labute approximate surface area is 123 Å². The topological polar surface area (TPSA) is 49.3 Å². The maximum atomic E-state index is 13.1. The van der Waals surface area contributed by atoms with Gasteiger partial charge in [0.15, 0.2) is 11.6 Å². The fourth-order valence-electron chi connectivity index (χ4n) is 2.95. The lowest BCUT2D eigenvalue weighted by atomic mass is 9.79. The maximum absolute atomic E-state index is 13.1. The van der Waals surface area contributed by atoms with Crippen LogP contribution in [0.2, 0.25) is 0 Å². The molecule has 0 heterocycles. The van der Waals surface area contributed by atoms with Gasteiger partial charge in [-0.1, -0.05) is 25.8 Å². The number of benzene rings is 1. The van der Waals surface area contributed by atoms with E-state index in [9.17, 15) is 18.7 Å². The average molecular weight is 297 g/mol. The van der Waals surface area contributed by atoms with E-state index in [0.29, 0.717) is 24.3 Å². The highest BCUT2D eigenvalue weighted by atomic mass is 19.2. The quantitative estimate of drug-likeness (QED) is 0.897. The minimum atomic E-state index is -0.958. The van der Waals surface area contributed by atoms with E-state index in [-0.39, 0.29) is 18.9 Å². The molecule has 3 nitrogen and oxygen atoms in total. The van der Waals surface area contributed by atoms with E-state index in [1.54, 1.807) is 0 Å². The van der Waals surface area contributed by atoms with Crippen molar-refractivity contribution in [2.24, 2.45) is 5.92 Å². The van der Waals surface area contributed by atoms with Crippen LogP contribution in [0.25, 0.3) is 0 Å². The summed E-state index contributed by atoms with van der Waals surface area (Å²) in [7, 11) is 0. The number of carbonyl (C=O) groups excluding carboxylic acids is 1. The molecular weight excluding hydrogens is 276 g/mol. The number of carbonyl (C=O) groups is 1. The summed E-state index contributed by atoms with van der Waals surface area (Å²) in [5.41, 5.74) is -0.433. The molecule has 2 unspecified atom stereocenters. The zero-order valence-corrected chi connectivity index (χ0v) is 12.2. The largest absolute Gasteiger partial charge is 0.388 e. The number of hydrogen-bond donors (Lipinski definition) is 2. The molecule has 1 fully saturated rings. The number of nitrogens with one attached hydrogen (secondary N) is 1. The molecule has 0 aromatic heterocycles. The number of amides is 1. The van der Waals surface area contributed by atoms with Gasteiger partial charge in [0.2, 0.25) is 5.91 Å². The van der Waals surface area contributed by atoms with Gasteiger partial charge in [-0.05, 0) is 36.5 Å². The molecule has 0 aliphatic heterocycles. The second-order valence-electron chi connectivity index (χ2n) is 6.13. The Balaban J connectivity index is 1.85. The van der Waals surface area contributed by atoms with Gasteiger partial charge < -0.3 is 10.4 Å². The van der Waals surface area contributed by atoms with Gasteiger partial charge in [0, 0.05) is 6.54 Å². The van der Waals surface area contributed by atoms with Crippen molar-refractivity contribution in [1.82, 2.24) is 5.32 Å². The first-order chi connectivity index (χ1) is 9.88. The van der Waals surface area contributed by atoms with Crippen LogP contribution in [0.15, 0.2) is 18.2 Å². The lowest BCUT2D eigenvalue weighted by molar-refractivity contribution is -0.122. The molecule has 1 amide bonds. The smallest absolute Gasteiger partial charge is 0.224 e. The maximum Gasteiger partial charge on any atom is 0.224 e. The SMILES string of the molecule is CC1CCCC(O)(CNC(=O)Cc2ccc(F)c(F)c2)C1. The fraction of sp³-hybridized carbons (Fsp3) is 0.562. The van der Waals surface area contributed by atoms with Gasteiger partial charge in [-0.3, -0.25) is 4.79 Å². The molecule has 116 valence electrons. The van der Waals surface area contributed by atoms with Crippen molar-refractivity contribution in [3.63, 3.8) is 0 Å². The Hall–Kier alpha value is -1.49. The highest BCUT2D eigenvalue weighted by Crippen LogP contribution is 2.31. The third kappa shape index (κ3) is 4.49. The predicted octanol–water partition coefficient (Wildman–Crippen LogP) is 2.56. The van der Waals surface area contributed by atoms with Crippen LogP contribution in [0.1, 0.15) is 38.2 Å². The third-order valence-electron chi connectivity index (χ3n) is 4.03. The number of rotatable bonds is 4. The van der Waals surface area contributed by atoms with Crippen LogP contribution >= 0.6 is 0 Å². The van der Waals surface area contributed by atoms with E-state index < -0.39 is 17.2 Å². The molecule has 0 radical (unpaired) electrons. The van der Waals surface area contributed by atoms with Gasteiger partial charge in [0.25, 0.3) is 0 Å². The van der Waals surface area contributed by atoms with Crippen molar-refractivity contribution in [3.8, 4) is 0 Å². The van der Waals surface area contributed by atoms with Crippen molar-refractivity contribution in [1.29, 1.82) is 0 Å². The molecule has 1 aromatic carbocycles. The Bertz CT molecular complexity index is 521. The summed E-state index contributed by atoms with van der Waals surface area (Å²) in [5, 5.41) is 13.1. The highest BCUT2D eigenvalue weighted by Gasteiger charge is 2.32. The molecule has 0 spiro atoms. The van der Waals surface area contributed by atoms with E-state index in [1.165, 1.54) is 6.07 Å². The number of hydrogen-bond acceptors (Lipinski definition) is 2. The average Bonchev–Trinajstić information content (AvgIpc) is 2.41. The van der Waals surface area contributed by atoms with E-state index in [2.05, 4.69) is 12.2 Å². The summed E-state index contributed by atoms with van der Waals surface area (Å²) in [6.45, 7) is 2.30. The lowest BCUT2D eigenvalue weighted by Crippen LogP contribution is -2.46. The molecule has 2 atom stereocenters. The Morgan fingerprint density at radius 1 is 1.43 bits per heavy atom. The van der Waals surface area contributed by atoms with Crippen LogP contribution in [0.4, 0.5) is 8.78 Å². The Morgan fingerprint density at radius 2 is 2.19 bits per heavy atom. The van der Waals surface area contributed by atoms with E-state index in [1.807, 2.05) is 0 Å². The van der Waals surface area contributed by atoms with Crippen molar-refractivity contribution < 1.29 is 18.7 Å². The molecule has 0 bridgehead atoms. The first-order valence-corrected chi connectivity index (χ1v) is 7.31. The van der Waals surface area contributed by atoms with Crippen molar-refractivity contribution >= 4 is 5.91 Å². The summed E-state index contributed by atoms with van der Waals surface area (Å²) in [6, 6.07) is 3.41. The summed E-state index contributed by atoms with van der Waals surface area (Å²) >= 11 is 0. The summed E-state index contributed by atoms with van der Waals surface area (Å²) < 4.78 is 25.9. The van der Waals surface area contributed by atoms with Crippen LogP contribution < -0.4 is 5.32 Å². The van der Waals surface area contributed by atoms with Gasteiger partial charge >= 0.3 is 0 Å². The highest BCUT2D eigenvalue weighted by molar-refractivity contribution is 5.78. The van der Waals surface area contributed by atoms with E-state index in [4.69, 9.17) is 0 Å². The van der Waals surface area contributed by atoms with Crippen LogP contribution in [0.5, 0.6) is 0 Å². The summed E-state index contributed by atoms with van der Waals surface area (Å²) in [4.78, 5) is 11.8. The van der Waals surface area contributed by atoms with Crippen LogP contribution in [-0.2, 0) is 11.2 Å². The second kappa shape index (κ2) is 6.52. The van der Waals surface area contributed by atoms with Crippen LogP contribution in [-0.4, -0.2) is 23.2 Å². The van der Waals surface area contributed by atoms with Crippen LogP contribution in [0, 0.1) is 17.6 Å². The molecular formula is C16H21F2NO2. The first-order valence-electron chi connectivity index (χ1n) is 7.31. The first kappa shape index (κ1) is 15.9. The minimum Gasteiger partial charge on any atom is -0.388 e. The zero-order valence-electron chi connectivity index (χ0n) is 12.2. The monoisotopic (exact) mass is 297 g/mol. The normalized spacial score (nSPS) is 25.6. The van der Waals surface area contributed by atoms with E-state index in [0.717, 1.165) is 25.0 Å². The molecule has 5 heteroatoms. The molecule has 2 N–H and O–H groups in total. The van der Waals surface area contributed by atoms with Gasteiger partial charge in [0.1, 0.15) is 0 Å². The van der Waals surface area contributed by atoms with Crippen molar-refractivity contribution in [2.45, 2.75) is 44.6 Å². The molecule has 1 saturated carbocycles. The molecule has 2 rings (SSSR count). The minimum absolute atomic E-state index is 0.0250. The molecule has 1 aromatic rings. The third-order valence-corrected chi connectivity index (χ3v) is 4.03.